The molecule has 0 unspecified atom stereocenters. The third-order valence-corrected chi connectivity index (χ3v) is 5.29. The van der Waals surface area contributed by atoms with Crippen LogP contribution in [0.25, 0.3) is 11.0 Å². The van der Waals surface area contributed by atoms with E-state index in [1.807, 2.05) is 29.2 Å². The number of fused-ring (bicyclic) bond motifs is 2. The minimum absolute atomic E-state index is 0.0175. The molecule has 2 heterocycles. The van der Waals surface area contributed by atoms with Crippen molar-refractivity contribution in [3.8, 4) is 11.5 Å². The second-order valence-corrected chi connectivity index (χ2v) is 8.17. The zero-order valence-corrected chi connectivity index (χ0v) is 17.9. The van der Waals surface area contributed by atoms with Crippen LogP contribution in [0.5, 0.6) is 11.5 Å². The van der Waals surface area contributed by atoms with Crippen LogP contribution >= 0.6 is 0 Å². The average Bonchev–Trinajstić information content (AvgIpc) is 3.34. The van der Waals surface area contributed by atoms with E-state index in [-0.39, 0.29) is 12.7 Å². The molecule has 3 aromatic rings. The molecule has 30 heavy (non-hydrogen) atoms. The number of unbranched alkanes of at least 4 members (excludes halogenated alkanes) is 1. The number of carbonyl (C=O) groups is 1. The number of nitrogens with zero attached hydrogens (tertiary/aromatic N) is 3. The topological polar surface area (TPSA) is 56.6 Å². The van der Waals surface area contributed by atoms with E-state index >= 15 is 0 Å². The summed E-state index contributed by atoms with van der Waals surface area (Å²) in [6, 6.07) is 13.6. The van der Waals surface area contributed by atoms with Crippen LogP contribution in [-0.2, 0) is 13.1 Å². The number of ether oxygens (including phenoxy) is 2. The highest BCUT2D eigenvalue weighted by Crippen LogP contribution is 2.33. The molecule has 1 aliphatic heterocycles. The van der Waals surface area contributed by atoms with Gasteiger partial charge in [0.2, 0.25) is 6.79 Å². The molecule has 0 N–H and O–H groups in total. The highest BCUT2D eigenvalue weighted by atomic mass is 16.7. The van der Waals surface area contributed by atoms with E-state index in [1.165, 1.54) is 0 Å². The molecule has 0 bridgehead atoms. The van der Waals surface area contributed by atoms with Crippen molar-refractivity contribution in [3.63, 3.8) is 0 Å². The molecular formula is C24H29N3O3. The number of aryl methyl sites for hydroxylation is 1. The predicted molar refractivity (Wildman–Crippen MR) is 117 cm³/mol. The van der Waals surface area contributed by atoms with Gasteiger partial charge in [-0.25, -0.2) is 4.98 Å². The second-order valence-electron chi connectivity index (χ2n) is 8.17. The normalized spacial score (nSPS) is 12.7. The van der Waals surface area contributed by atoms with Crippen LogP contribution in [0, 0.1) is 5.92 Å². The van der Waals surface area contributed by atoms with Crippen LogP contribution in [-0.4, -0.2) is 33.7 Å². The minimum atomic E-state index is -0.0175. The van der Waals surface area contributed by atoms with Gasteiger partial charge in [0.15, 0.2) is 11.5 Å². The molecule has 0 atom stereocenters. The van der Waals surface area contributed by atoms with Crippen LogP contribution in [0.1, 0.15) is 49.8 Å². The number of para-hydroxylation sites is 2. The molecule has 0 fully saturated rings. The molecule has 0 radical (unpaired) electrons. The molecule has 6 heteroatoms. The number of imidazole rings is 1. The van der Waals surface area contributed by atoms with E-state index < -0.39 is 0 Å². The first kappa shape index (κ1) is 20.3. The Hall–Kier alpha value is -3.02. The molecule has 4 rings (SSSR count). The van der Waals surface area contributed by atoms with Gasteiger partial charge >= 0.3 is 0 Å². The lowest BCUT2D eigenvalue weighted by molar-refractivity contribution is 0.0715. The maximum Gasteiger partial charge on any atom is 0.254 e. The van der Waals surface area contributed by atoms with Crippen LogP contribution in [0.2, 0.25) is 0 Å². The molecule has 0 spiro atoms. The molecule has 158 valence electrons. The number of hydrogen-bond donors (Lipinski definition) is 0. The van der Waals surface area contributed by atoms with E-state index in [2.05, 4.69) is 31.4 Å². The smallest absolute Gasteiger partial charge is 0.254 e. The lowest BCUT2D eigenvalue weighted by Gasteiger charge is -2.25. The van der Waals surface area contributed by atoms with Gasteiger partial charge in [-0.3, -0.25) is 4.79 Å². The molecule has 0 saturated carbocycles. The summed E-state index contributed by atoms with van der Waals surface area (Å²) in [5.41, 5.74) is 2.71. The Kier molecular flexibility index (Phi) is 5.93. The quantitative estimate of drug-likeness (QED) is 0.535. The average molecular weight is 408 g/mol. The largest absolute Gasteiger partial charge is 0.454 e. The van der Waals surface area contributed by atoms with E-state index in [1.54, 1.807) is 12.1 Å². The molecule has 0 aliphatic carbocycles. The van der Waals surface area contributed by atoms with Gasteiger partial charge in [-0.1, -0.05) is 39.3 Å². The molecule has 1 amide bonds. The van der Waals surface area contributed by atoms with E-state index in [0.29, 0.717) is 36.1 Å². The molecule has 1 aromatic heterocycles. The fraction of sp³-hybridized carbons (Fsp3) is 0.417. The minimum Gasteiger partial charge on any atom is -0.454 e. The van der Waals surface area contributed by atoms with Gasteiger partial charge in [0, 0.05) is 18.7 Å². The molecule has 6 nitrogen and oxygen atoms in total. The monoisotopic (exact) mass is 407 g/mol. The van der Waals surface area contributed by atoms with E-state index in [0.717, 1.165) is 36.2 Å². The summed E-state index contributed by atoms with van der Waals surface area (Å²) >= 11 is 0. The third-order valence-electron chi connectivity index (χ3n) is 5.29. The number of benzene rings is 2. The van der Waals surface area contributed by atoms with Gasteiger partial charge in [-0.2, -0.15) is 0 Å². The summed E-state index contributed by atoms with van der Waals surface area (Å²) in [5, 5.41) is 0. The molecule has 1 aliphatic rings. The van der Waals surface area contributed by atoms with E-state index in [9.17, 15) is 4.79 Å². The third kappa shape index (κ3) is 4.13. The fourth-order valence-electron chi connectivity index (χ4n) is 3.85. The number of rotatable bonds is 8. The second kappa shape index (κ2) is 8.78. The first-order valence-electron chi connectivity index (χ1n) is 10.7. The first-order valence-corrected chi connectivity index (χ1v) is 10.7. The standard InChI is InChI=1S/C24H29N3O3/c1-4-5-12-27-20-9-7-6-8-19(20)25-23(27)15-26(14-17(2)3)24(28)18-10-11-21-22(13-18)30-16-29-21/h6-11,13,17H,4-5,12,14-16H2,1-3H3. The van der Waals surface area contributed by atoms with Crippen molar-refractivity contribution in [1.29, 1.82) is 0 Å². The summed E-state index contributed by atoms with van der Waals surface area (Å²) < 4.78 is 13.1. The lowest BCUT2D eigenvalue weighted by Crippen LogP contribution is -2.34. The van der Waals surface area contributed by atoms with Gasteiger partial charge in [0.25, 0.3) is 5.91 Å². The van der Waals surface area contributed by atoms with Gasteiger partial charge < -0.3 is 18.9 Å². The lowest BCUT2D eigenvalue weighted by atomic mass is 10.1. The summed E-state index contributed by atoms with van der Waals surface area (Å²) in [6.07, 6.45) is 2.19. The van der Waals surface area contributed by atoms with Crippen LogP contribution in [0.3, 0.4) is 0 Å². The number of aromatic nitrogens is 2. The summed E-state index contributed by atoms with van der Waals surface area (Å²) in [7, 11) is 0. The Morgan fingerprint density at radius 3 is 2.77 bits per heavy atom. The predicted octanol–water partition coefficient (Wildman–Crippen LogP) is 4.86. The van der Waals surface area contributed by atoms with Crippen molar-refractivity contribution >= 4 is 16.9 Å². The number of hydrogen-bond acceptors (Lipinski definition) is 4. The van der Waals surface area contributed by atoms with Crippen LogP contribution in [0.15, 0.2) is 42.5 Å². The van der Waals surface area contributed by atoms with Crippen molar-refractivity contribution < 1.29 is 14.3 Å². The number of amides is 1. The summed E-state index contributed by atoms with van der Waals surface area (Å²) in [4.78, 5) is 20.2. The summed E-state index contributed by atoms with van der Waals surface area (Å²) in [5.74, 6) is 2.57. The Balaban J connectivity index is 1.65. The zero-order valence-electron chi connectivity index (χ0n) is 17.9. The molecular weight excluding hydrogens is 378 g/mol. The fourth-order valence-corrected chi connectivity index (χ4v) is 3.85. The maximum atomic E-state index is 13.4. The zero-order chi connectivity index (χ0) is 21.1. The SMILES string of the molecule is CCCCn1c(CN(CC(C)C)C(=O)c2ccc3c(c2)OCO3)nc2ccccc21. The van der Waals surface area contributed by atoms with Gasteiger partial charge in [0.05, 0.1) is 17.6 Å². The highest BCUT2D eigenvalue weighted by Gasteiger charge is 2.23. The van der Waals surface area contributed by atoms with Gasteiger partial charge in [-0.05, 0) is 42.7 Å². The number of carbonyl (C=O) groups excluding carboxylic acids is 1. The van der Waals surface area contributed by atoms with E-state index in [4.69, 9.17) is 14.5 Å². The van der Waals surface area contributed by atoms with Crippen LogP contribution in [0.4, 0.5) is 0 Å². The Labute approximate surface area is 177 Å². The summed E-state index contributed by atoms with van der Waals surface area (Å²) in [6.45, 7) is 8.67. The van der Waals surface area contributed by atoms with Gasteiger partial charge in [0.1, 0.15) is 5.82 Å². The Bertz CT molecular complexity index is 1040. The van der Waals surface area contributed by atoms with Crippen molar-refractivity contribution in [2.24, 2.45) is 5.92 Å². The van der Waals surface area contributed by atoms with Crippen molar-refractivity contribution in [2.45, 2.75) is 46.7 Å². The van der Waals surface area contributed by atoms with Gasteiger partial charge in [-0.15, -0.1) is 0 Å². The van der Waals surface area contributed by atoms with Crippen LogP contribution < -0.4 is 9.47 Å². The highest BCUT2D eigenvalue weighted by molar-refractivity contribution is 5.95. The molecule has 0 saturated heterocycles. The molecule has 2 aromatic carbocycles. The van der Waals surface area contributed by atoms with Crippen molar-refractivity contribution in [2.75, 3.05) is 13.3 Å². The maximum absolute atomic E-state index is 13.4. The van der Waals surface area contributed by atoms with Crippen molar-refractivity contribution in [3.05, 3.63) is 53.9 Å². The Morgan fingerprint density at radius 1 is 1.17 bits per heavy atom. The van der Waals surface area contributed by atoms with Crippen molar-refractivity contribution in [1.82, 2.24) is 14.5 Å². The Morgan fingerprint density at radius 2 is 1.97 bits per heavy atom. The first-order chi connectivity index (χ1) is 14.6.